The minimum atomic E-state index is -0.241. The van der Waals surface area contributed by atoms with Crippen molar-refractivity contribution >= 4 is 46.3 Å². The minimum Gasteiger partial charge on any atom is -0.496 e. The van der Waals surface area contributed by atoms with E-state index >= 15 is 0 Å². The molecule has 0 fully saturated rings. The summed E-state index contributed by atoms with van der Waals surface area (Å²) in [6.45, 7) is 9.64. The van der Waals surface area contributed by atoms with E-state index in [1.165, 1.54) is 5.56 Å². The second-order valence-corrected chi connectivity index (χ2v) is 12.6. The number of fused-ring (bicyclic) bond motifs is 2. The van der Waals surface area contributed by atoms with Gasteiger partial charge in [0.25, 0.3) is 0 Å². The van der Waals surface area contributed by atoms with Gasteiger partial charge in [0.05, 0.1) is 19.8 Å². The Bertz CT molecular complexity index is 1980. The molecule has 0 aliphatic rings. The number of rotatable bonds is 12. The van der Waals surface area contributed by atoms with Crippen LogP contribution in [0.25, 0.3) is 21.9 Å². The Kier molecular flexibility index (Phi) is 10.1. The number of methoxy groups -OCH3 is 2. The van der Waals surface area contributed by atoms with Gasteiger partial charge in [-0.25, -0.2) is 0 Å². The van der Waals surface area contributed by atoms with Gasteiger partial charge in [0.1, 0.15) is 22.3 Å². The van der Waals surface area contributed by atoms with Crippen LogP contribution in [0.1, 0.15) is 49.2 Å². The largest absolute Gasteiger partial charge is 0.496 e. The van der Waals surface area contributed by atoms with Crippen molar-refractivity contribution in [2.45, 2.75) is 38.5 Å². The fourth-order valence-electron chi connectivity index (χ4n) is 5.60. The summed E-state index contributed by atoms with van der Waals surface area (Å²) in [7, 11) is 3.17. The van der Waals surface area contributed by atoms with Gasteiger partial charge < -0.3 is 23.8 Å². The fourth-order valence-corrected chi connectivity index (χ4v) is 5.60. The highest BCUT2D eigenvalue weighted by Gasteiger charge is 2.28. The number of amides is 1. The molecule has 0 unspecified atom stereocenters. The number of nitrogens with one attached hydrogen (secondary N) is 1. The first kappa shape index (κ1) is 33.7. The molecule has 10 nitrogen and oxygen atoms in total. The molecule has 0 saturated carbocycles. The smallest absolute Gasteiger partial charge is 0.215 e. The average molecular weight is 649 g/mol. The molecule has 0 atom stereocenters. The zero-order valence-corrected chi connectivity index (χ0v) is 28.0. The zero-order valence-electron chi connectivity index (χ0n) is 28.0. The summed E-state index contributed by atoms with van der Waals surface area (Å²) in [6, 6.07) is 29.2. The van der Waals surface area contributed by atoms with E-state index in [9.17, 15) is 9.59 Å². The van der Waals surface area contributed by atoms with Crippen LogP contribution in [-0.4, -0.2) is 50.3 Å². The number of nitrogens with zero attached hydrogens (tertiary/aromatic N) is 3. The van der Waals surface area contributed by atoms with E-state index in [0.717, 1.165) is 18.3 Å². The summed E-state index contributed by atoms with van der Waals surface area (Å²) in [5, 5.41) is 12.9. The van der Waals surface area contributed by atoms with Crippen LogP contribution in [0.5, 0.6) is 11.5 Å². The maximum atomic E-state index is 11.8. The average Bonchev–Trinajstić information content (AvgIpc) is 3.76. The molecule has 0 aliphatic heterocycles. The molecule has 0 bridgehead atoms. The van der Waals surface area contributed by atoms with Crippen LogP contribution < -0.4 is 19.7 Å². The Morgan fingerprint density at radius 3 is 1.96 bits per heavy atom. The monoisotopic (exact) mass is 648 g/mol. The molecule has 2 aromatic heterocycles. The van der Waals surface area contributed by atoms with Crippen molar-refractivity contribution < 1.29 is 28.1 Å². The Morgan fingerprint density at radius 1 is 0.729 bits per heavy atom. The van der Waals surface area contributed by atoms with Crippen LogP contribution in [0.3, 0.4) is 0 Å². The number of ether oxygens (including phenoxy) is 2. The number of benzene rings is 4. The van der Waals surface area contributed by atoms with Crippen molar-refractivity contribution in [2.75, 3.05) is 37.5 Å². The molecule has 4 aromatic carbocycles. The Morgan fingerprint density at radius 2 is 1.35 bits per heavy atom. The first-order valence-electron chi connectivity index (χ1n) is 15.5. The lowest BCUT2D eigenvalue weighted by molar-refractivity contribution is -0.107. The standard InChI is InChI=1S/2C19H20N2O3/c1-19(2,14-8-5-4-6-9-14)12-21(13-22)18-17-15(23-3)10-7-11-16(17)24-20-18;1-19(2,14-7-5-4-6-8-14)12-20-18-16-15(23-3)10-9-13(11-22)17(16)24-21-18/h4-11,13H,12H2,1-3H3;4-11H,12H2,1-3H3,(H,20,21). The van der Waals surface area contributed by atoms with Gasteiger partial charge >= 0.3 is 0 Å². The molecule has 2 heterocycles. The third-order valence-corrected chi connectivity index (χ3v) is 8.40. The summed E-state index contributed by atoms with van der Waals surface area (Å²) in [6.07, 6.45) is 1.54. The number of aldehydes is 1. The van der Waals surface area contributed by atoms with E-state index in [0.29, 0.717) is 63.7 Å². The van der Waals surface area contributed by atoms with Crippen molar-refractivity contribution in [1.29, 1.82) is 0 Å². The first-order chi connectivity index (χ1) is 23.1. The lowest BCUT2D eigenvalue weighted by Crippen LogP contribution is -2.36. The van der Waals surface area contributed by atoms with Crippen molar-refractivity contribution in [2.24, 2.45) is 0 Å². The molecule has 48 heavy (non-hydrogen) atoms. The second-order valence-electron chi connectivity index (χ2n) is 12.6. The quantitative estimate of drug-likeness (QED) is 0.132. The summed E-state index contributed by atoms with van der Waals surface area (Å²) in [5.41, 5.74) is 3.52. The molecule has 0 saturated heterocycles. The van der Waals surface area contributed by atoms with E-state index < -0.39 is 0 Å². The fraction of sp³-hybridized carbons (Fsp3) is 0.263. The van der Waals surface area contributed by atoms with Gasteiger partial charge in [-0.2, -0.15) is 0 Å². The van der Waals surface area contributed by atoms with Crippen molar-refractivity contribution in [3.63, 3.8) is 0 Å². The lowest BCUT2D eigenvalue weighted by Gasteiger charge is -2.29. The lowest BCUT2D eigenvalue weighted by atomic mass is 9.84. The van der Waals surface area contributed by atoms with Crippen LogP contribution in [-0.2, 0) is 15.6 Å². The molecular formula is C38H40N4O6. The van der Waals surface area contributed by atoms with Crippen LogP contribution in [0, 0.1) is 0 Å². The molecule has 1 amide bonds. The molecule has 1 N–H and O–H groups in total. The van der Waals surface area contributed by atoms with Gasteiger partial charge in [0.2, 0.25) is 6.41 Å². The van der Waals surface area contributed by atoms with Gasteiger partial charge in [0.15, 0.2) is 29.1 Å². The van der Waals surface area contributed by atoms with E-state index in [2.05, 4.69) is 67.6 Å². The SMILES string of the molecule is COc1ccc(C=O)c2onc(NCC(C)(C)c3ccccc3)c12.COc1cccc2onc(N(C=O)CC(C)(C)c3ccccc3)c12. The topological polar surface area (TPSA) is 120 Å². The normalized spacial score (nSPS) is 11.5. The van der Waals surface area contributed by atoms with E-state index in [1.54, 1.807) is 37.3 Å². The van der Waals surface area contributed by atoms with Crippen LogP contribution >= 0.6 is 0 Å². The highest BCUT2D eigenvalue weighted by atomic mass is 16.5. The molecule has 0 radical (unpaired) electrons. The van der Waals surface area contributed by atoms with Crippen LogP contribution in [0.2, 0.25) is 0 Å². The molecule has 0 aliphatic carbocycles. The summed E-state index contributed by atoms with van der Waals surface area (Å²) in [4.78, 5) is 24.5. The minimum absolute atomic E-state index is 0.0952. The van der Waals surface area contributed by atoms with E-state index in [4.69, 9.17) is 18.5 Å². The number of hydrogen-bond donors (Lipinski definition) is 1. The van der Waals surface area contributed by atoms with Gasteiger partial charge in [0, 0.05) is 23.9 Å². The molecule has 248 valence electrons. The summed E-state index contributed by atoms with van der Waals surface area (Å²) in [5.74, 6) is 2.31. The van der Waals surface area contributed by atoms with Crippen LogP contribution in [0.4, 0.5) is 11.6 Å². The Labute approximate surface area is 279 Å². The second kappa shape index (κ2) is 14.4. The molecule has 0 spiro atoms. The van der Waals surface area contributed by atoms with Gasteiger partial charge in [-0.05, 0) is 35.4 Å². The molecular weight excluding hydrogens is 608 g/mol. The predicted octanol–water partition coefficient (Wildman–Crippen LogP) is 7.82. The molecule has 6 rings (SSSR count). The number of aromatic nitrogens is 2. The number of anilines is 2. The third-order valence-electron chi connectivity index (χ3n) is 8.40. The maximum absolute atomic E-state index is 11.8. The van der Waals surface area contributed by atoms with Crippen LogP contribution in [0.15, 0.2) is 100 Å². The third kappa shape index (κ3) is 7.02. The van der Waals surface area contributed by atoms with Crippen molar-refractivity contribution in [3.8, 4) is 11.5 Å². The summed E-state index contributed by atoms with van der Waals surface area (Å²) < 4.78 is 21.5. The van der Waals surface area contributed by atoms with E-state index in [1.807, 2.05) is 48.5 Å². The first-order valence-corrected chi connectivity index (χ1v) is 15.5. The Hall–Kier alpha value is -5.64. The number of carbonyl (C=O) groups is 2. The zero-order chi connectivity index (χ0) is 34.3. The van der Waals surface area contributed by atoms with Gasteiger partial charge in [-0.15, -0.1) is 0 Å². The predicted molar refractivity (Wildman–Crippen MR) is 187 cm³/mol. The van der Waals surface area contributed by atoms with Gasteiger partial charge in [-0.3, -0.25) is 14.5 Å². The molecule has 10 heteroatoms. The van der Waals surface area contributed by atoms with Crippen molar-refractivity contribution in [3.05, 3.63) is 108 Å². The summed E-state index contributed by atoms with van der Waals surface area (Å²) >= 11 is 0. The van der Waals surface area contributed by atoms with Crippen molar-refractivity contribution in [1.82, 2.24) is 10.3 Å². The van der Waals surface area contributed by atoms with E-state index in [-0.39, 0.29) is 10.8 Å². The Balaban J connectivity index is 0.000000188. The highest BCUT2D eigenvalue weighted by molar-refractivity contribution is 6.02. The number of carbonyl (C=O) groups excluding carboxylic acids is 2. The number of hydrogen-bond acceptors (Lipinski definition) is 9. The van der Waals surface area contributed by atoms with Gasteiger partial charge in [-0.1, -0.05) is 105 Å². The molecule has 6 aromatic rings. The highest BCUT2D eigenvalue weighted by Crippen LogP contribution is 2.36. The maximum Gasteiger partial charge on any atom is 0.215 e.